The number of nitrogens with zero attached hydrogens (tertiary/aromatic N) is 2. The number of hydrogen-bond donors (Lipinski definition) is 0. The highest BCUT2D eigenvalue weighted by Crippen LogP contribution is 2.27. The quantitative estimate of drug-likeness (QED) is 0.611. The van der Waals surface area contributed by atoms with Crippen LogP contribution in [-0.2, 0) is 21.3 Å². The Morgan fingerprint density at radius 2 is 1.84 bits per heavy atom. The predicted molar refractivity (Wildman–Crippen MR) is 119 cm³/mol. The molecule has 32 heavy (non-hydrogen) atoms. The maximum Gasteiger partial charge on any atom is 0.341 e. The van der Waals surface area contributed by atoms with Gasteiger partial charge >= 0.3 is 5.97 Å². The number of amides is 1. The number of rotatable bonds is 6. The first kappa shape index (κ1) is 24.0. The Kier molecular flexibility index (Phi) is 7.09. The second-order valence-electron chi connectivity index (χ2n) is 8.63. The van der Waals surface area contributed by atoms with Crippen molar-refractivity contribution in [1.82, 2.24) is 9.21 Å². The minimum absolute atomic E-state index is 0.111. The largest absolute Gasteiger partial charge is 0.465 e. The van der Waals surface area contributed by atoms with Crippen LogP contribution in [0.3, 0.4) is 0 Å². The van der Waals surface area contributed by atoms with E-state index < -0.39 is 16.0 Å². The summed E-state index contributed by atoms with van der Waals surface area (Å²) in [5.74, 6) is 0.554. The van der Waals surface area contributed by atoms with Crippen LogP contribution < -0.4 is 0 Å². The standard InChI is InChI=1S/C23H30N2O6S/c1-15-9-16(2)13-25(12-15)32(28,29)20-8-6-7-18(10-20)22(26)24(4)14-19-11-21(17(3)31-19)23(27)30-5/h6-8,10-11,15-16H,9,12-14H2,1-5H3. The Balaban J connectivity index is 1.78. The van der Waals surface area contributed by atoms with Gasteiger partial charge in [0.05, 0.1) is 18.6 Å². The number of carbonyl (C=O) groups is 2. The van der Waals surface area contributed by atoms with Crippen molar-refractivity contribution in [3.8, 4) is 0 Å². The first-order chi connectivity index (χ1) is 15.0. The van der Waals surface area contributed by atoms with Crippen molar-refractivity contribution in [2.24, 2.45) is 11.8 Å². The molecule has 8 nitrogen and oxygen atoms in total. The van der Waals surface area contributed by atoms with Crippen LogP contribution in [0.2, 0.25) is 0 Å². The fourth-order valence-corrected chi connectivity index (χ4v) is 5.93. The van der Waals surface area contributed by atoms with Gasteiger partial charge in [0.15, 0.2) is 0 Å². The Morgan fingerprint density at radius 1 is 1.19 bits per heavy atom. The molecule has 0 radical (unpaired) electrons. The van der Waals surface area contributed by atoms with Gasteiger partial charge in [-0.15, -0.1) is 0 Å². The summed E-state index contributed by atoms with van der Waals surface area (Å²) in [5.41, 5.74) is 0.574. The second-order valence-corrected chi connectivity index (χ2v) is 10.6. The normalized spacial score (nSPS) is 19.5. The van der Waals surface area contributed by atoms with E-state index in [1.54, 1.807) is 32.2 Å². The molecular weight excluding hydrogens is 432 g/mol. The summed E-state index contributed by atoms with van der Waals surface area (Å²) in [6, 6.07) is 7.66. The van der Waals surface area contributed by atoms with E-state index in [4.69, 9.17) is 9.15 Å². The van der Waals surface area contributed by atoms with Crippen LogP contribution in [-0.4, -0.2) is 56.7 Å². The highest BCUT2D eigenvalue weighted by atomic mass is 32.2. The molecule has 0 saturated carbocycles. The lowest BCUT2D eigenvalue weighted by atomic mass is 9.94. The highest BCUT2D eigenvalue weighted by molar-refractivity contribution is 7.89. The summed E-state index contributed by atoms with van der Waals surface area (Å²) in [6.07, 6.45) is 0.999. The molecule has 0 N–H and O–H groups in total. The number of methoxy groups -OCH3 is 1. The van der Waals surface area contributed by atoms with Crippen LogP contribution in [0.1, 0.15) is 52.5 Å². The summed E-state index contributed by atoms with van der Waals surface area (Å²) in [7, 11) is -0.812. The smallest absolute Gasteiger partial charge is 0.341 e. The Bertz CT molecular complexity index is 1100. The van der Waals surface area contributed by atoms with Crippen LogP contribution in [0.5, 0.6) is 0 Å². The molecule has 1 amide bonds. The maximum atomic E-state index is 13.2. The molecule has 0 bridgehead atoms. The van der Waals surface area contributed by atoms with Gasteiger partial charge < -0.3 is 14.1 Å². The van der Waals surface area contributed by atoms with Gasteiger partial charge in [-0.05, 0) is 49.4 Å². The molecule has 2 unspecified atom stereocenters. The summed E-state index contributed by atoms with van der Waals surface area (Å²) < 4.78 is 38.2. The van der Waals surface area contributed by atoms with E-state index in [9.17, 15) is 18.0 Å². The molecule has 0 aliphatic carbocycles. The molecule has 1 aliphatic heterocycles. The Hall–Kier alpha value is -2.65. The van der Waals surface area contributed by atoms with Crippen LogP contribution in [0.15, 0.2) is 39.6 Å². The van der Waals surface area contributed by atoms with Gasteiger partial charge in [-0.2, -0.15) is 4.31 Å². The van der Waals surface area contributed by atoms with E-state index in [0.29, 0.717) is 30.2 Å². The lowest BCUT2D eigenvalue weighted by Crippen LogP contribution is -2.42. The summed E-state index contributed by atoms with van der Waals surface area (Å²) in [4.78, 5) is 26.3. The van der Waals surface area contributed by atoms with Crippen LogP contribution >= 0.6 is 0 Å². The summed E-state index contributed by atoms with van der Waals surface area (Å²) in [5, 5.41) is 0. The van der Waals surface area contributed by atoms with Gasteiger partial charge in [-0.3, -0.25) is 4.79 Å². The zero-order valence-corrected chi connectivity index (χ0v) is 19.9. The van der Waals surface area contributed by atoms with Gasteiger partial charge in [0.1, 0.15) is 17.1 Å². The molecule has 1 saturated heterocycles. The number of aryl methyl sites for hydroxylation is 1. The van der Waals surface area contributed by atoms with E-state index in [1.165, 1.54) is 28.4 Å². The van der Waals surface area contributed by atoms with Crippen LogP contribution in [0, 0.1) is 18.8 Å². The molecule has 2 aromatic rings. The number of piperidine rings is 1. The number of ether oxygens (including phenoxy) is 1. The number of esters is 1. The third-order valence-corrected chi connectivity index (χ3v) is 7.50. The predicted octanol–water partition coefficient (Wildman–Crippen LogP) is 3.31. The van der Waals surface area contributed by atoms with Gasteiger partial charge in [-0.25, -0.2) is 13.2 Å². The lowest BCUT2D eigenvalue weighted by Gasteiger charge is -2.34. The van der Waals surface area contributed by atoms with E-state index in [-0.39, 0.29) is 34.7 Å². The molecule has 174 valence electrons. The highest BCUT2D eigenvalue weighted by Gasteiger charge is 2.32. The fourth-order valence-electron chi connectivity index (χ4n) is 4.20. The van der Waals surface area contributed by atoms with Crippen molar-refractivity contribution in [2.45, 2.75) is 38.6 Å². The van der Waals surface area contributed by atoms with E-state index in [0.717, 1.165) is 6.42 Å². The summed E-state index contributed by atoms with van der Waals surface area (Å²) in [6.45, 7) is 6.82. The molecule has 1 aromatic heterocycles. The third-order valence-electron chi connectivity index (χ3n) is 5.67. The molecule has 3 rings (SSSR count). The molecule has 1 aromatic carbocycles. The van der Waals surface area contributed by atoms with Crippen molar-refractivity contribution >= 4 is 21.9 Å². The Labute approximate surface area is 189 Å². The lowest BCUT2D eigenvalue weighted by molar-refractivity contribution is 0.0598. The van der Waals surface area contributed by atoms with Gasteiger partial charge in [0, 0.05) is 25.7 Å². The van der Waals surface area contributed by atoms with Crippen molar-refractivity contribution < 1.29 is 27.2 Å². The molecule has 0 spiro atoms. The zero-order chi connectivity index (χ0) is 23.6. The third kappa shape index (κ3) is 5.05. The topological polar surface area (TPSA) is 97.1 Å². The number of hydrogen-bond acceptors (Lipinski definition) is 6. The SMILES string of the molecule is COC(=O)c1cc(CN(C)C(=O)c2cccc(S(=O)(=O)N3CC(C)CC(C)C3)c2)oc1C. The Morgan fingerprint density at radius 3 is 2.47 bits per heavy atom. The number of carbonyl (C=O) groups excluding carboxylic acids is 2. The van der Waals surface area contributed by atoms with Crippen molar-refractivity contribution in [2.75, 3.05) is 27.2 Å². The second kappa shape index (κ2) is 9.46. The maximum absolute atomic E-state index is 13.2. The first-order valence-corrected chi connectivity index (χ1v) is 12.0. The van der Waals surface area contributed by atoms with Gasteiger partial charge in [0.25, 0.3) is 5.91 Å². The minimum Gasteiger partial charge on any atom is -0.465 e. The zero-order valence-electron chi connectivity index (χ0n) is 19.1. The molecule has 2 heterocycles. The van der Waals surface area contributed by atoms with Crippen molar-refractivity contribution in [3.05, 3.63) is 53.0 Å². The van der Waals surface area contributed by atoms with E-state index in [2.05, 4.69) is 13.8 Å². The molecule has 1 aliphatic rings. The molecule has 9 heteroatoms. The van der Waals surface area contributed by atoms with Crippen molar-refractivity contribution in [3.63, 3.8) is 0 Å². The van der Waals surface area contributed by atoms with Crippen molar-refractivity contribution in [1.29, 1.82) is 0 Å². The fraction of sp³-hybridized carbons (Fsp3) is 0.478. The van der Waals surface area contributed by atoms with E-state index >= 15 is 0 Å². The monoisotopic (exact) mass is 462 g/mol. The van der Waals surface area contributed by atoms with Gasteiger partial charge in [0.2, 0.25) is 10.0 Å². The molecular formula is C23H30N2O6S. The number of furan rings is 1. The number of benzene rings is 1. The average molecular weight is 463 g/mol. The molecule has 1 fully saturated rings. The average Bonchev–Trinajstić information content (AvgIpc) is 3.11. The van der Waals surface area contributed by atoms with E-state index in [1.807, 2.05) is 0 Å². The first-order valence-electron chi connectivity index (χ1n) is 10.6. The summed E-state index contributed by atoms with van der Waals surface area (Å²) >= 11 is 0. The van der Waals surface area contributed by atoms with Crippen LogP contribution in [0.25, 0.3) is 0 Å². The van der Waals surface area contributed by atoms with Crippen LogP contribution in [0.4, 0.5) is 0 Å². The minimum atomic E-state index is -3.69. The number of sulfonamides is 1. The molecule has 2 atom stereocenters. The van der Waals surface area contributed by atoms with Gasteiger partial charge in [-0.1, -0.05) is 19.9 Å².